The van der Waals surface area contributed by atoms with E-state index in [2.05, 4.69) is 20.7 Å². The fourth-order valence-electron chi connectivity index (χ4n) is 1.93. The first kappa shape index (κ1) is 13.9. The standard InChI is InChI=1S/C13H18N6OS/c1-7-8(6-16-19(7)2)5-15-12(20)10-11(14)18-13(21-10)17-9-3-4-9/h6,9H,3-5,14H2,1-2H3,(H,15,20)(H,17,18). The highest BCUT2D eigenvalue weighted by Crippen LogP contribution is 2.30. The van der Waals surface area contributed by atoms with E-state index in [-0.39, 0.29) is 11.7 Å². The molecule has 1 amide bonds. The molecule has 1 saturated carbocycles. The van der Waals surface area contributed by atoms with Gasteiger partial charge in [0.05, 0.1) is 6.20 Å². The van der Waals surface area contributed by atoms with E-state index < -0.39 is 0 Å². The van der Waals surface area contributed by atoms with Crippen molar-refractivity contribution >= 4 is 28.2 Å². The number of anilines is 2. The van der Waals surface area contributed by atoms with E-state index in [1.165, 1.54) is 11.3 Å². The van der Waals surface area contributed by atoms with Gasteiger partial charge in [-0.2, -0.15) is 5.10 Å². The first-order chi connectivity index (χ1) is 10.0. The molecule has 2 aromatic heterocycles. The van der Waals surface area contributed by atoms with Gasteiger partial charge in [-0.15, -0.1) is 0 Å². The highest BCUT2D eigenvalue weighted by atomic mass is 32.1. The van der Waals surface area contributed by atoms with Gasteiger partial charge in [-0.1, -0.05) is 11.3 Å². The van der Waals surface area contributed by atoms with E-state index in [4.69, 9.17) is 5.73 Å². The number of carbonyl (C=O) groups excluding carboxylic acids is 1. The fourth-order valence-corrected chi connectivity index (χ4v) is 2.81. The van der Waals surface area contributed by atoms with Crippen molar-refractivity contribution in [3.05, 3.63) is 22.3 Å². The Morgan fingerprint density at radius 3 is 2.95 bits per heavy atom. The van der Waals surface area contributed by atoms with Crippen LogP contribution in [0.5, 0.6) is 0 Å². The lowest BCUT2D eigenvalue weighted by Gasteiger charge is -2.03. The smallest absolute Gasteiger partial charge is 0.265 e. The van der Waals surface area contributed by atoms with Crippen LogP contribution in [0.1, 0.15) is 33.8 Å². The molecule has 0 radical (unpaired) electrons. The van der Waals surface area contributed by atoms with Crippen LogP contribution in [-0.2, 0) is 13.6 Å². The van der Waals surface area contributed by atoms with Gasteiger partial charge in [0.2, 0.25) is 0 Å². The normalized spacial score (nSPS) is 14.2. The number of amides is 1. The summed E-state index contributed by atoms with van der Waals surface area (Å²) >= 11 is 1.30. The maximum atomic E-state index is 12.2. The molecular formula is C13H18N6OS. The lowest BCUT2D eigenvalue weighted by Crippen LogP contribution is -2.23. The summed E-state index contributed by atoms with van der Waals surface area (Å²) in [5.74, 6) is 0.0839. The number of hydrogen-bond acceptors (Lipinski definition) is 6. The molecular weight excluding hydrogens is 288 g/mol. The summed E-state index contributed by atoms with van der Waals surface area (Å²) in [6.07, 6.45) is 4.06. The van der Waals surface area contributed by atoms with Crippen molar-refractivity contribution in [2.75, 3.05) is 11.1 Å². The van der Waals surface area contributed by atoms with Gasteiger partial charge < -0.3 is 16.4 Å². The Kier molecular flexibility index (Phi) is 3.54. The van der Waals surface area contributed by atoms with Crippen molar-refractivity contribution in [2.45, 2.75) is 32.4 Å². The van der Waals surface area contributed by atoms with Crippen molar-refractivity contribution in [3.63, 3.8) is 0 Å². The molecule has 4 N–H and O–H groups in total. The van der Waals surface area contributed by atoms with Crippen molar-refractivity contribution in [1.82, 2.24) is 20.1 Å². The maximum absolute atomic E-state index is 12.2. The first-order valence-electron chi connectivity index (χ1n) is 6.83. The van der Waals surface area contributed by atoms with Crippen molar-refractivity contribution in [2.24, 2.45) is 7.05 Å². The quantitative estimate of drug-likeness (QED) is 0.773. The topological polar surface area (TPSA) is 97.9 Å². The monoisotopic (exact) mass is 306 g/mol. The van der Waals surface area contributed by atoms with Gasteiger partial charge in [0.15, 0.2) is 5.13 Å². The van der Waals surface area contributed by atoms with Gasteiger partial charge in [-0.3, -0.25) is 9.48 Å². The molecule has 0 bridgehead atoms. The van der Waals surface area contributed by atoms with Gasteiger partial charge in [0.25, 0.3) is 5.91 Å². The van der Waals surface area contributed by atoms with Crippen molar-refractivity contribution in [1.29, 1.82) is 0 Å². The number of nitrogens with two attached hydrogens (primary N) is 1. The molecule has 0 saturated heterocycles. The van der Waals surface area contributed by atoms with E-state index in [1.54, 1.807) is 10.9 Å². The Bertz CT molecular complexity index is 672. The fraction of sp³-hybridized carbons (Fsp3) is 0.462. The van der Waals surface area contributed by atoms with Crippen LogP contribution in [0.2, 0.25) is 0 Å². The number of hydrogen-bond donors (Lipinski definition) is 3. The molecule has 0 aromatic carbocycles. The van der Waals surface area contributed by atoms with Gasteiger partial charge in [0, 0.05) is 30.9 Å². The number of nitrogens with one attached hydrogen (secondary N) is 2. The summed E-state index contributed by atoms with van der Waals surface area (Å²) in [5.41, 5.74) is 7.85. The van der Waals surface area contributed by atoms with Crippen LogP contribution in [0, 0.1) is 6.92 Å². The first-order valence-corrected chi connectivity index (χ1v) is 7.64. The minimum atomic E-state index is -0.197. The second-order valence-corrected chi connectivity index (χ2v) is 6.21. The molecule has 112 valence electrons. The number of rotatable bonds is 5. The Balaban J connectivity index is 1.64. The van der Waals surface area contributed by atoms with Crippen LogP contribution in [-0.4, -0.2) is 26.7 Å². The van der Waals surface area contributed by atoms with Crippen molar-refractivity contribution in [3.8, 4) is 0 Å². The van der Waals surface area contributed by atoms with Gasteiger partial charge >= 0.3 is 0 Å². The molecule has 8 heteroatoms. The van der Waals surface area contributed by atoms with Crippen LogP contribution >= 0.6 is 11.3 Å². The predicted molar refractivity (Wildman–Crippen MR) is 82.3 cm³/mol. The van der Waals surface area contributed by atoms with Gasteiger partial charge in [-0.25, -0.2) is 4.98 Å². The molecule has 2 heterocycles. The molecule has 7 nitrogen and oxygen atoms in total. The second kappa shape index (κ2) is 5.36. The molecule has 21 heavy (non-hydrogen) atoms. The average molecular weight is 306 g/mol. The van der Waals surface area contributed by atoms with Crippen LogP contribution in [0.3, 0.4) is 0 Å². The largest absolute Gasteiger partial charge is 0.382 e. The number of aromatic nitrogens is 3. The number of nitrogens with zero attached hydrogens (tertiary/aromatic N) is 3. The Morgan fingerprint density at radius 1 is 1.57 bits per heavy atom. The lowest BCUT2D eigenvalue weighted by atomic mass is 10.2. The van der Waals surface area contributed by atoms with E-state index in [0.717, 1.165) is 29.2 Å². The van der Waals surface area contributed by atoms with E-state index >= 15 is 0 Å². The SMILES string of the molecule is Cc1c(CNC(=O)c2sc(NC3CC3)nc2N)cnn1C. The highest BCUT2D eigenvalue weighted by Gasteiger charge is 2.24. The zero-order valence-corrected chi connectivity index (χ0v) is 12.8. The summed E-state index contributed by atoms with van der Waals surface area (Å²) < 4.78 is 1.78. The molecule has 0 unspecified atom stereocenters. The highest BCUT2D eigenvalue weighted by molar-refractivity contribution is 7.18. The van der Waals surface area contributed by atoms with Gasteiger partial charge in [-0.05, 0) is 19.8 Å². The summed E-state index contributed by atoms with van der Waals surface area (Å²) in [6.45, 7) is 2.40. The zero-order chi connectivity index (χ0) is 15.0. The number of carbonyl (C=O) groups is 1. The minimum Gasteiger partial charge on any atom is -0.382 e. The summed E-state index contributed by atoms with van der Waals surface area (Å²) in [5, 5.41) is 11.0. The average Bonchev–Trinajstić information content (AvgIpc) is 3.11. The minimum absolute atomic E-state index is 0.197. The number of nitrogen functional groups attached to an aromatic ring is 1. The number of thiazole rings is 1. The Hall–Kier alpha value is -2.09. The summed E-state index contributed by atoms with van der Waals surface area (Å²) in [4.78, 5) is 16.9. The molecule has 1 aliphatic carbocycles. The zero-order valence-electron chi connectivity index (χ0n) is 12.0. The van der Waals surface area contributed by atoms with E-state index in [1.807, 2.05) is 14.0 Å². The third-order valence-corrected chi connectivity index (χ3v) is 4.54. The molecule has 0 spiro atoms. The van der Waals surface area contributed by atoms with Crippen LogP contribution in [0.25, 0.3) is 0 Å². The third-order valence-electron chi connectivity index (χ3n) is 3.54. The van der Waals surface area contributed by atoms with Crippen LogP contribution < -0.4 is 16.4 Å². The van der Waals surface area contributed by atoms with Crippen molar-refractivity contribution < 1.29 is 4.79 Å². The molecule has 2 aromatic rings. The van der Waals surface area contributed by atoms with Gasteiger partial charge in [0.1, 0.15) is 10.7 Å². The van der Waals surface area contributed by atoms with E-state index in [9.17, 15) is 4.79 Å². The molecule has 0 aliphatic heterocycles. The molecule has 0 atom stereocenters. The predicted octanol–water partition coefficient (Wildman–Crippen LogP) is 1.27. The third kappa shape index (κ3) is 2.99. The lowest BCUT2D eigenvalue weighted by molar-refractivity contribution is 0.0955. The summed E-state index contributed by atoms with van der Waals surface area (Å²) in [6, 6.07) is 0.490. The second-order valence-electron chi connectivity index (χ2n) is 5.21. The molecule has 3 rings (SSSR count). The Morgan fingerprint density at radius 2 is 2.33 bits per heavy atom. The molecule has 1 fully saturated rings. The van der Waals surface area contributed by atoms with E-state index in [0.29, 0.717) is 17.5 Å². The Labute approximate surface area is 126 Å². The number of aryl methyl sites for hydroxylation is 1. The van der Waals surface area contributed by atoms with Crippen LogP contribution in [0.4, 0.5) is 10.9 Å². The summed E-state index contributed by atoms with van der Waals surface area (Å²) in [7, 11) is 1.87. The molecule has 1 aliphatic rings. The maximum Gasteiger partial charge on any atom is 0.265 e. The van der Waals surface area contributed by atoms with Crippen LogP contribution in [0.15, 0.2) is 6.20 Å².